The maximum atomic E-state index is 14.4. The molecule has 0 bridgehead atoms. The predicted octanol–water partition coefficient (Wildman–Crippen LogP) is 6.43. The third kappa shape index (κ3) is 5.02. The Morgan fingerprint density at radius 3 is 1.85 bits per heavy atom. The van der Waals surface area contributed by atoms with Crippen LogP contribution in [0, 0.1) is 23.3 Å². The van der Waals surface area contributed by atoms with Crippen LogP contribution in [0.5, 0.6) is 11.5 Å². The van der Waals surface area contributed by atoms with E-state index in [1.807, 2.05) is 0 Å². The van der Waals surface area contributed by atoms with Crippen LogP contribution in [0.3, 0.4) is 0 Å². The first kappa shape index (κ1) is 20.8. The smallest absolute Gasteiger partial charge is 0.201 e. The summed E-state index contributed by atoms with van der Waals surface area (Å²) < 4.78 is 67.3. The fourth-order valence-corrected chi connectivity index (χ4v) is 2.56. The molecule has 2 nitrogen and oxygen atoms in total. The van der Waals surface area contributed by atoms with Gasteiger partial charge in [-0.15, -0.1) is 0 Å². The highest BCUT2D eigenvalue weighted by molar-refractivity contribution is 5.67. The van der Waals surface area contributed by atoms with Gasteiger partial charge in [-0.25, -0.2) is 8.78 Å². The molecule has 0 N–H and O–H groups in total. The molecule has 2 aromatic carbocycles. The lowest BCUT2D eigenvalue weighted by Gasteiger charge is -2.12. The second-order valence-electron chi connectivity index (χ2n) is 5.99. The fraction of sp³-hybridized carbons (Fsp3) is 0.333. The van der Waals surface area contributed by atoms with Crippen LogP contribution in [0.4, 0.5) is 17.6 Å². The first-order valence-corrected chi connectivity index (χ1v) is 8.84. The maximum Gasteiger partial charge on any atom is 0.201 e. The quantitative estimate of drug-likeness (QED) is 0.268. The van der Waals surface area contributed by atoms with Crippen molar-refractivity contribution in [3.63, 3.8) is 0 Å². The van der Waals surface area contributed by atoms with E-state index >= 15 is 0 Å². The first-order chi connectivity index (χ1) is 13.0. The summed E-state index contributed by atoms with van der Waals surface area (Å²) in [5.74, 6) is -5.69. The molecule has 0 saturated carbocycles. The number of hydrogen-bond donors (Lipinski definition) is 0. The molecule has 0 aliphatic heterocycles. The van der Waals surface area contributed by atoms with Gasteiger partial charge in [-0.1, -0.05) is 38.8 Å². The van der Waals surface area contributed by atoms with E-state index in [2.05, 4.69) is 13.5 Å². The maximum absolute atomic E-state index is 14.4. The summed E-state index contributed by atoms with van der Waals surface area (Å²) in [5.41, 5.74) is -0.790. The van der Waals surface area contributed by atoms with E-state index in [1.165, 1.54) is 18.2 Å². The average molecular weight is 382 g/mol. The number of halogens is 4. The van der Waals surface area contributed by atoms with Gasteiger partial charge in [-0.05, 0) is 30.7 Å². The molecular formula is C21H22F4O2. The second-order valence-corrected chi connectivity index (χ2v) is 5.99. The largest absolute Gasteiger partial charge is 0.490 e. The Kier molecular flexibility index (Phi) is 7.70. The summed E-state index contributed by atoms with van der Waals surface area (Å²) in [7, 11) is 0. The van der Waals surface area contributed by atoms with Crippen molar-refractivity contribution in [2.24, 2.45) is 0 Å². The molecule has 0 spiro atoms. The van der Waals surface area contributed by atoms with Crippen molar-refractivity contribution in [2.75, 3.05) is 13.2 Å². The van der Waals surface area contributed by atoms with Crippen molar-refractivity contribution in [2.45, 2.75) is 32.6 Å². The van der Waals surface area contributed by atoms with Crippen molar-refractivity contribution in [1.29, 1.82) is 0 Å². The topological polar surface area (TPSA) is 18.5 Å². The minimum Gasteiger partial charge on any atom is -0.490 e. The lowest BCUT2D eigenvalue weighted by molar-refractivity contribution is 0.285. The Morgan fingerprint density at radius 1 is 0.778 bits per heavy atom. The number of benzene rings is 2. The molecule has 2 aromatic rings. The number of ether oxygens (including phenoxy) is 2. The van der Waals surface area contributed by atoms with Crippen LogP contribution >= 0.6 is 0 Å². The number of unbranched alkanes of at least 4 members (excludes halogenated alkanes) is 3. The third-order valence-corrected chi connectivity index (χ3v) is 4.00. The summed E-state index contributed by atoms with van der Waals surface area (Å²) in [6, 6.07) is 4.68. The lowest BCUT2D eigenvalue weighted by atomic mass is 10.0. The van der Waals surface area contributed by atoms with Gasteiger partial charge < -0.3 is 9.47 Å². The van der Waals surface area contributed by atoms with Gasteiger partial charge in [0.2, 0.25) is 11.6 Å². The normalized spacial score (nSPS) is 10.7. The molecule has 0 amide bonds. The zero-order valence-electron chi connectivity index (χ0n) is 15.2. The van der Waals surface area contributed by atoms with Crippen LogP contribution < -0.4 is 9.47 Å². The third-order valence-electron chi connectivity index (χ3n) is 4.00. The standard InChI is InChI=1S/C21H22F4O2/c1-3-5-6-7-13-27-17-11-9-15(19(23)21(17)25)14-8-10-16(26-12-4-2)20(24)18(14)22/h4,8-11H,2-3,5-7,12-13H2,1H3. The Balaban J connectivity index is 2.23. The van der Waals surface area contributed by atoms with E-state index in [4.69, 9.17) is 9.47 Å². The van der Waals surface area contributed by atoms with E-state index in [9.17, 15) is 17.6 Å². The molecule has 0 heterocycles. The van der Waals surface area contributed by atoms with Gasteiger partial charge in [0.1, 0.15) is 6.61 Å². The number of hydrogen-bond acceptors (Lipinski definition) is 2. The molecule has 0 unspecified atom stereocenters. The summed E-state index contributed by atoms with van der Waals surface area (Å²) in [5, 5.41) is 0. The van der Waals surface area contributed by atoms with Crippen molar-refractivity contribution < 1.29 is 27.0 Å². The molecule has 0 aliphatic carbocycles. The van der Waals surface area contributed by atoms with Gasteiger partial charge in [0.05, 0.1) is 6.61 Å². The molecule has 0 aliphatic rings. The van der Waals surface area contributed by atoms with E-state index in [0.717, 1.165) is 37.8 Å². The van der Waals surface area contributed by atoms with Gasteiger partial charge >= 0.3 is 0 Å². The average Bonchev–Trinajstić information content (AvgIpc) is 2.67. The van der Waals surface area contributed by atoms with Crippen molar-refractivity contribution in [3.8, 4) is 22.6 Å². The molecular weight excluding hydrogens is 360 g/mol. The van der Waals surface area contributed by atoms with Crippen molar-refractivity contribution >= 4 is 0 Å². The second kappa shape index (κ2) is 10.00. The van der Waals surface area contributed by atoms with Gasteiger partial charge in [0.25, 0.3) is 0 Å². The molecule has 6 heteroatoms. The Morgan fingerprint density at radius 2 is 1.33 bits per heavy atom. The van der Waals surface area contributed by atoms with Crippen LogP contribution in [0.2, 0.25) is 0 Å². The van der Waals surface area contributed by atoms with Crippen LogP contribution in [-0.4, -0.2) is 13.2 Å². The van der Waals surface area contributed by atoms with Crippen molar-refractivity contribution in [3.05, 3.63) is 60.2 Å². The van der Waals surface area contributed by atoms with Gasteiger partial charge in [0.15, 0.2) is 23.1 Å². The highest BCUT2D eigenvalue weighted by Gasteiger charge is 2.21. The fourth-order valence-electron chi connectivity index (χ4n) is 2.56. The highest BCUT2D eigenvalue weighted by Crippen LogP contribution is 2.34. The van der Waals surface area contributed by atoms with Crippen molar-refractivity contribution in [1.82, 2.24) is 0 Å². The van der Waals surface area contributed by atoms with E-state index in [-0.39, 0.29) is 24.7 Å². The summed E-state index contributed by atoms with van der Waals surface area (Å²) in [6.45, 7) is 5.73. The van der Waals surface area contributed by atoms with Gasteiger partial charge in [-0.3, -0.25) is 0 Å². The summed E-state index contributed by atoms with van der Waals surface area (Å²) in [4.78, 5) is 0. The van der Waals surface area contributed by atoms with Crippen LogP contribution in [0.1, 0.15) is 32.6 Å². The van der Waals surface area contributed by atoms with Gasteiger partial charge in [-0.2, -0.15) is 8.78 Å². The highest BCUT2D eigenvalue weighted by atomic mass is 19.2. The monoisotopic (exact) mass is 382 g/mol. The predicted molar refractivity (Wildman–Crippen MR) is 97.0 cm³/mol. The molecule has 27 heavy (non-hydrogen) atoms. The molecule has 0 radical (unpaired) electrons. The van der Waals surface area contributed by atoms with Gasteiger partial charge in [0, 0.05) is 11.1 Å². The summed E-state index contributed by atoms with van der Waals surface area (Å²) in [6.07, 6.45) is 5.13. The zero-order valence-corrected chi connectivity index (χ0v) is 15.2. The van der Waals surface area contributed by atoms with E-state index in [1.54, 1.807) is 0 Å². The molecule has 2 rings (SSSR count). The minimum absolute atomic E-state index is 0.0109. The Labute approximate surface area is 156 Å². The lowest BCUT2D eigenvalue weighted by Crippen LogP contribution is -2.03. The zero-order chi connectivity index (χ0) is 19.8. The Hall–Kier alpha value is -2.50. The Bertz CT molecular complexity index is 790. The molecule has 0 atom stereocenters. The summed E-state index contributed by atoms with van der Waals surface area (Å²) >= 11 is 0. The molecule has 146 valence electrons. The van der Waals surface area contributed by atoms with Crippen LogP contribution in [0.25, 0.3) is 11.1 Å². The SMILES string of the molecule is C=CCOc1ccc(-c2ccc(OCCCCCC)c(F)c2F)c(F)c1F. The van der Waals surface area contributed by atoms with Crippen LogP contribution in [-0.2, 0) is 0 Å². The molecule has 0 fully saturated rings. The minimum atomic E-state index is -1.32. The van der Waals surface area contributed by atoms with E-state index < -0.39 is 34.4 Å². The molecule has 0 saturated heterocycles. The molecule has 0 aromatic heterocycles. The number of rotatable bonds is 10. The first-order valence-electron chi connectivity index (χ1n) is 8.84. The van der Waals surface area contributed by atoms with E-state index in [0.29, 0.717) is 0 Å². The van der Waals surface area contributed by atoms with Crippen LogP contribution in [0.15, 0.2) is 36.9 Å².